The Balaban J connectivity index is 2.54. The van der Waals surface area contributed by atoms with Crippen LogP contribution in [0.25, 0.3) is 0 Å². The largest absolute Gasteiger partial charge is 0.481 e. The zero-order chi connectivity index (χ0) is 16.0. The summed E-state index contributed by atoms with van der Waals surface area (Å²) in [5.74, 6) is -5.55. The van der Waals surface area contributed by atoms with Gasteiger partial charge in [0.2, 0.25) is 5.91 Å². The first kappa shape index (κ1) is 16.5. The van der Waals surface area contributed by atoms with Crippen molar-refractivity contribution < 1.29 is 33.4 Å². The van der Waals surface area contributed by atoms with E-state index < -0.39 is 41.9 Å². The number of hydrogen-bond donors (Lipinski definition) is 3. The molecule has 3 N–H and O–H groups in total. The van der Waals surface area contributed by atoms with Crippen molar-refractivity contribution in [3.8, 4) is 0 Å². The molecule has 0 fully saturated rings. The molecule has 0 spiro atoms. The van der Waals surface area contributed by atoms with Crippen molar-refractivity contribution >= 4 is 17.8 Å². The lowest BCUT2D eigenvalue weighted by Gasteiger charge is -2.12. The van der Waals surface area contributed by atoms with Crippen LogP contribution in [0.2, 0.25) is 0 Å². The maximum Gasteiger partial charge on any atom is 0.326 e. The molecule has 0 aliphatic heterocycles. The number of halogens is 2. The minimum absolute atomic E-state index is 0.0719. The van der Waals surface area contributed by atoms with Gasteiger partial charge in [0.1, 0.15) is 6.04 Å². The maximum absolute atomic E-state index is 12.9. The van der Waals surface area contributed by atoms with Crippen molar-refractivity contribution in [3.05, 3.63) is 35.4 Å². The number of nitrogens with one attached hydrogen (secondary N) is 1. The molecule has 0 radical (unpaired) electrons. The van der Waals surface area contributed by atoms with E-state index in [2.05, 4.69) is 5.32 Å². The third-order valence-electron chi connectivity index (χ3n) is 2.64. The van der Waals surface area contributed by atoms with E-state index in [0.29, 0.717) is 5.56 Å². The van der Waals surface area contributed by atoms with Crippen molar-refractivity contribution in [1.82, 2.24) is 5.32 Å². The first-order valence-electron chi connectivity index (χ1n) is 5.97. The van der Waals surface area contributed by atoms with Gasteiger partial charge < -0.3 is 15.5 Å². The summed E-state index contributed by atoms with van der Waals surface area (Å²) >= 11 is 0. The van der Waals surface area contributed by atoms with Gasteiger partial charge in [-0.05, 0) is 24.1 Å². The molecule has 0 unspecified atom stereocenters. The molecule has 1 amide bonds. The lowest BCUT2D eigenvalue weighted by atomic mass is 10.1. The molecule has 0 saturated heterocycles. The second-order valence-electron chi connectivity index (χ2n) is 4.30. The highest BCUT2D eigenvalue weighted by Gasteiger charge is 2.22. The van der Waals surface area contributed by atoms with Crippen LogP contribution in [0.1, 0.15) is 18.4 Å². The third-order valence-corrected chi connectivity index (χ3v) is 2.64. The Hall–Kier alpha value is -2.51. The standard InChI is InChI=1S/C13H13F2NO5/c14-8-3-1-7(5-9(8)15)2-4-11(17)16-10(13(20)21)6-12(18)19/h1,3,5,10H,2,4,6H2,(H,16,17)(H,18,19)(H,20,21)/t10-/m0/s1. The normalized spacial score (nSPS) is 11.7. The minimum atomic E-state index is -1.53. The molecule has 1 rings (SSSR count). The lowest BCUT2D eigenvalue weighted by molar-refractivity contribution is -0.147. The van der Waals surface area contributed by atoms with E-state index in [-0.39, 0.29) is 12.8 Å². The molecule has 0 aromatic heterocycles. The number of carboxylic acid groups (broad SMARTS) is 2. The van der Waals surface area contributed by atoms with Crippen LogP contribution in [0.5, 0.6) is 0 Å². The molecule has 0 saturated carbocycles. The molecule has 0 aliphatic carbocycles. The Labute approximate surface area is 118 Å². The second kappa shape index (κ2) is 7.32. The van der Waals surface area contributed by atoms with E-state index in [1.165, 1.54) is 6.07 Å². The van der Waals surface area contributed by atoms with Gasteiger partial charge in [0.15, 0.2) is 11.6 Å². The fourth-order valence-electron chi connectivity index (χ4n) is 1.59. The summed E-state index contributed by atoms with van der Waals surface area (Å²) in [6.07, 6.45) is -0.844. The minimum Gasteiger partial charge on any atom is -0.481 e. The topological polar surface area (TPSA) is 104 Å². The van der Waals surface area contributed by atoms with Gasteiger partial charge in [-0.15, -0.1) is 0 Å². The highest BCUT2D eigenvalue weighted by molar-refractivity contribution is 5.86. The first-order chi connectivity index (χ1) is 9.79. The molecule has 0 aliphatic rings. The summed E-state index contributed by atoms with van der Waals surface area (Å²) in [5.41, 5.74) is 0.370. The van der Waals surface area contributed by atoms with E-state index in [9.17, 15) is 23.2 Å². The van der Waals surface area contributed by atoms with Crippen LogP contribution in [-0.2, 0) is 20.8 Å². The number of benzene rings is 1. The van der Waals surface area contributed by atoms with Gasteiger partial charge in [0, 0.05) is 6.42 Å². The van der Waals surface area contributed by atoms with Gasteiger partial charge in [-0.2, -0.15) is 0 Å². The number of carbonyl (C=O) groups excluding carboxylic acids is 1. The van der Waals surface area contributed by atoms with E-state index in [1.54, 1.807) is 0 Å². The SMILES string of the molecule is O=C(O)C[C@H](NC(=O)CCc1ccc(F)c(F)c1)C(=O)O. The third kappa shape index (κ3) is 5.55. The predicted molar refractivity (Wildman–Crippen MR) is 66.5 cm³/mol. The highest BCUT2D eigenvalue weighted by Crippen LogP contribution is 2.10. The number of aliphatic carboxylic acids is 2. The molecule has 1 aromatic rings. The van der Waals surface area contributed by atoms with Crippen LogP contribution in [-0.4, -0.2) is 34.1 Å². The molecule has 8 heteroatoms. The van der Waals surface area contributed by atoms with Crippen LogP contribution in [0.15, 0.2) is 18.2 Å². The summed E-state index contributed by atoms with van der Waals surface area (Å²) in [6, 6.07) is 1.64. The van der Waals surface area contributed by atoms with Gasteiger partial charge in [-0.1, -0.05) is 6.07 Å². The van der Waals surface area contributed by atoms with Crippen LogP contribution in [0.3, 0.4) is 0 Å². The zero-order valence-electron chi connectivity index (χ0n) is 10.8. The number of aryl methyl sites for hydroxylation is 1. The predicted octanol–water partition coefficient (Wildman–Crippen LogP) is 0.942. The van der Waals surface area contributed by atoms with Crippen molar-refractivity contribution in [1.29, 1.82) is 0 Å². The Morgan fingerprint density at radius 3 is 2.33 bits per heavy atom. The Morgan fingerprint density at radius 2 is 1.81 bits per heavy atom. The molecular weight excluding hydrogens is 288 g/mol. The highest BCUT2D eigenvalue weighted by atomic mass is 19.2. The molecule has 1 aromatic carbocycles. The first-order valence-corrected chi connectivity index (χ1v) is 5.97. The van der Waals surface area contributed by atoms with Crippen molar-refractivity contribution in [2.45, 2.75) is 25.3 Å². The van der Waals surface area contributed by atoms with E-state index in [1.807, 2.05) is 0 Å². The Bertz CT molecular complexity index is 561. The molecule has 114 valence electrons. The average molecular weight is 301 g/mol. The van der Waals surface area contributed by atoms with Crippen LogP contribution in [0.4, 0.5) is 8.78 Å². The smallest absolute Gasteiger partial charge is 0.326 e. The summed E-state index contributed by atoms with van der Waals surface area (Å²) in [6.45, 7) is 0. The van der Waals surface area contributed by atoms with Gasteiger partial charge >= 0.3 is 11.9 Å². The number of hydrogen-bond acceptors (Lipinski definition) is 3. The van der Waals surface area contributed by atoms with E-state index in [0.717, 1.165) is 12.1 Å². The fourth-order valence-corrected chi connectivity index (χ4v) is 1.59. The molecule has 21 heavy (non-hydrogen) atoms. The molecular formula is C13H13F2NO5. The monoisotopic (exact) mass is 301 g/mol. The number of rotatable bonds is 7. The van der Waals surface area contributed by atoms with Gasteiger partial charge in [0.05, 0.1) is 6.42 Å². The van der Waals surface area contributed by atoms with Gasteiger partial charge in [-0.25, -0.2) is 13.6 Å². The zero-order valence-corrected chi connectivity index (χ0v) is 10.8. The van der Waals surface area contributed by atoms with Gasteiger partial charge in [0.25, 0.3) is 0 Å². The van der Waals surface area contributed by atoms with E-state index >= 15 is 0 Å². The lowest BCUT2D eigenvalue weighted by Crippen LogP contribution is -2.42. The van der Waals surface area contributed by atoms with Crippen LogP contribution < -0.4 is 5.32 Å². The average Bonchev–Trinajstić information content (AvgIpc) is 2.38. The number of amides is 1. The molecule has 0 heterocycles. The van der Waals surface area contributed by atoms with Gasteiger partial charge in [-0.3, -0.25) is 9.59 Å². The van der Waals surface area contributed by atoms with Crippen molar-refractivity contribution in [2.24, 2.45) is 0 Å². The Kier molecular flexibility index (Phi) is 5.77. The maximum atomic E-state index is 12.9. The van der Waals surface area contributed by atoms with Crippen molar-refractivity contribution in [2.75, 3.05) is 0 Å². The fraction of sp³-hybridized carbons (Fsp3) is 0.308. The molecule has 0 bridgehead atoms. The van der Waals surface area contributed by atoms with Crippen LogP contribution >= 0.6 is 0 Å². The number of carboxylic acids is 2. The van der Waals surface area contributed by atoms with E-state index in [4.69, 9.17) is 10.2 Å². The Morgan fingerprint density at radius 1 is 1.14 bits per heavy atom. The van der Waals surface area contributed by atoms with Crippen molar-refractivity contribution in [3.63, 3.8) is 0 Å². The van der Waals surface area contributed by atoms with Crippen LogP contribution in [0, 0.1) is 11.6 Å². The number of carbonyl (C=O) groups is 3. The second-order valence-corrected chi connectivity index (χ2v) is 4.30. The molecule has 1 atom stereocenters. The summed E-state index contributed by atoms with van der Waals surface area (Å²) in [5, 5.41) is 19.3. The summed E-state index contributed by atoms with van der Waals surface area (Å²) < 4.78 is 25.6. The summed E-state index contributed by atoms with van der Waals surface area (Å²) in [4.78, 5) is 32.7. The molecule has 6 nitrogen and oxygen atoms in total. The summed E-state index contributed by atoms with van der Waals surface area (Å²) in [7, 11) is 0. The quantitative estimate of drug-likeness (QED) is 0.695.